The Balaban J connectivity index is 0.00000364. The number of hydrogen-bond acceptors (Lipinski definition) is 3. The number of aliphatic imine (C=N–C) groups is 1. The summed E-state index contributed by atoms with van der Waals surface area (Å²) in [6.07, 6.45) is 10.6. The van der Waals surface area contributed by atoms with Crippen LogP contribution >= 0.6 is 24.0 Å². The van der Waals surface area contributed by atoms with Gasteiger partial charge in [-0.25, -0.2) is 9.48 Å². The number of aromatic nitrogens is 3. The predicted octanol–water partition coefficient (Wildman–Crippen LogP) is 2.64. The van der Waals surface area contributed by atoms with Crippen LogP contribution in [0.5, 0.6) is 0 Å². The highest BCUT2D eigenvalue weighted by atomic mass is 127. The molecule has 27 heavy (non-hydrogen) atoms. The zero-order valence-corrected chi connectivity index (χ0v) is 19.2. The molecule has 7 nitrogen and oxygen atoms in total. The van der Waals surface area contributed by atoms with Gasteiger partial charge in [0.2, 0.25) is 0 Å². The smallest absolute Gasteiger partial charge is 0.345 e. The second-order valence-corrected chi connectivity index (χ2v) is 6.92. The van der Waals surface area contributed by atoms with Crippen molar-refractivity contribution in [3.63, 3.8) is 0 Å². The molecule has 2 rings (SSSR count). The van der Waals surface area contributed by atoms with Gasteiger partial charge in [0.05, 0.1) is 0 Å². The third-order valence-electron chi connectivity index (χ3n) is 4.84. The first-order valence-corrected chi connectivity index (χ1v) is 9.86. The van der Waals surface area contributed by atoms with Crippen LogP contribution in [-0.2, 0) is 19.5 Å². The second kappa shape index (κ2) is 13.0. The molecule has 0 spiro atoms. The van der Waals surface area contributed by atoms with E-state index in [9.17, 15) is 4.79 Å². The molecule has 1 aliphatic heterocycles. The van der Waals surface area contributed by atoms with E-state index in [2.05, 4.69) is 33.9 Å². The summed E-state index contributed by atoms with van der Waals surface area (Å²) in [5.74, 6) is 1.85. The zero-order chi connectivity index (χ0) is 18.8. The molecule has 0 saturated heterocycles. The first-order chi connectivity index (χ1) is 12.7. The van der Waals surface area contributed by atoms with Gasteiger partial charge in [0.15, 0.2) is 5.96 Å². The molecule has 0 atom stereocenters. The fourth-order valence-corrected chi connectivity index (χ4v) is 3.33. The largest absolute Gasteiger partial charge is 0.356 e. The van der Waals surface area contributed by atoms with E-state index in [1.807, 2.05) is 17.7 Å². The van der Waals surface area contributed by atoms with Crippen LogP contribution in [0.2, 0.25) is 0 Å². The van der Waals surface area contributed by atoms with Gasteiger partial charge in [0.25, 0.3) is 0 Å². The van der Waals surface area contributed by atoms with Gasteiger partial charge in [-0.2, -0.15) is 5.10 Å². The van der Waals surface area contributed by atoms with E-state index < -0.39 is 0 Å². The highest BCUT2D eigenvalue weighted by Gasteiger charge is 2.16. The van der Waals surface area contributed by atoms with Crippen LogP contribution in [0.25, 0.3) is 0 Å². The normalized spacial score (nSPS) is 13.6. The maximum atomic E-state index is 12.3. The van der Waals surface area contributed by atoms with Gasteiger partial charge in [-0.15, -0.1) is 30.6 Å². The molecule has 0 bridgehead atoms. The van der Waals surface area contributed by atoms with E-state index in [1.165, 1.54) is 12.8 Å². The van der Waals surface area contributed by atoms with Gasteiger partial charge >= 0.3 is 5.69 Å². The van der Waals surface area contributed by atoms with E-state index >= 15 is 0 Å². The molecule has 1 aliphatic rings. The number of unbranched alkanes of at least 4 members (excludes halogenated alkanes) is 3. The number of nitrogens with one attached hydrogen (secondary N) is 1. The van der Waals surface area contributed by atoms with Crippen LogP contribution < -0.4 is 11.0 Å². The highest BCUT2D eigenvalue weighted by Crippen LogP contribution is 2.09. The molecule has 0 aromatic carbocycles. The van der Waals surface area contributed by atoms with Crippen LogP contribution in [0.1, 0.15) is 50.8 Å². The predicted molar refractivity (Wildman–Crippen MR) is 122 cm³/mol. The minimum Gasteiger partial charge on any atom is -0.356 e. The van der Waals surface area contributed by atoms with Gasteiger partial charge in [-0.05, 0) is 38.5 Å². The number of halogens is 1. The summed E-state index contributed by atoms with van der Waals surface area (Å²) in [4.78, 5) is 18.8. The summed E-state index contributed by atoms with van der Waals surface area (Å²) in [6, 6.07) is 0. The summed E-state index contributed by atoms with van der Waals surface area (Å²) in [5.41, 5.74) is 0.0423. The first kappa shape index (κ1) is 23.7. The molecule has 0 amide bonds. The standard InChI is InChI=1S/C19H34N6O.HI/c1-4-5-6-7-9-14-23(3)18(20-2)21-13-11-16-25-19(26)24-15-10-8-12-17(24)22-25;/h4H,1,5-16H2,2-3H3,(H,20,21);1H. The van der Waals surface area contributed by atoms with Gasteiger partial charge in [0.1, 0.15) is 5.82 Å². The molecule has 0 unspecified atom stereocenters. The van der Waals surface area contributed by atoms with Crippen LogP contribution in [0.4, 0.5) is 0 Å². The van der Waals surface area contributed by atoms with Gasteiger partial charge in [-0.3, -0.25) is 9.56 Å². The lowest BCUT2D eigenvalue weighted by Gasteiger charge is -2.22. The van der Waals surface area contributed by atoms with E-state index in [4.69, 9.17) is 0 Å². The van der Waals surface area contributed by atoms with Crippen LogP contribution in [-0.4, -0.2) is 52.4 Å². The minimum atomic E-state index is 0. The number of allylic oxidation sites excluding steroid dienone is 1. The maximum Gasteiger partial charge on any atom is 0.345 e. The van der Waals surface area contributed by atoms with Gasteiger partial charge < -0.3 is 10.2 Å². The zero-order valence-electron chi connectivity index (χ0n) is 16.8. The summed E-state index contributed by atoms with van der Waals surface area (Å²) >= 11 is 0. The summed E-state index contributed by atoms with van der Waals surface area (Å²) in [6.45, 7) is 6.99. The second-order valence-electron chi connectivity index (χ2n) is 6.92. The van der Waals surface area contributed by atoms with Crippen molar-refractivity contribution in [1.29, 1.82) is 0 Å². The minimum absolute atomic E-state index is 0. The Labute approximate surface area is 179 Å². The lowest BCUT2D eigenvalue weighted by Crippen LogP contribution is -2.40. The third-order valence-corrected chi connectivity index (χ3v) is 4.84. The molecule has 8 heteroatoms. The Morgan fingerprint density at radius 3 is 2.85 bits per heavy atom. The highest BCUT2D eigenvalue weighted by molar-refractivity contribution is 14.0. The van der Waals surface area contributed by atoms with Crippen molar-refractivity contribution in [2.75, 3.05) is 27.2 Å². The Hall–Kier alpha value is -1.32. The van der Waals surface area contributed by atoms with E-state index in [-0.39, 0.29) is 29.7 Å². The number of nitrogens with zero attached hydrogens (tertiary/aromatic N) is 5. The fraction of sp³-hybridized carbons (Fsp3) is 0.737. The van der Waals surface area contributed by atoms with Gasteiger partial charge in [0, 0.05) is 46.7 Å². The van der Waals surface area contributed by atoms with Crippen molar-refractivity contribution < 1.29 is 0 Å². The third kappa shape index (κ3) is 7.31. The van der Waals surface area contributed by atoms with Gasteiger partial charge in [-0.1, -0.05) is 12.5 Å². The molecule has 1 aromatic heterocycles. The molecule has 0 saturated carbocycles. The monoisotopic (exact) mass is 490 g/mol. The molecular weight excluding hydrogens is 455 g/mol. The van der Waals surface area contributed by atoms with Crippen molar-refractivity contribution in [3.8, 4) is 0 Å². The van der Waals surface area contributed by atoms with Crippen LogP contribution in [0.15, 0.2) is 22.4 Å². The lowest BCUT2D eigenvalue weighted by molar-refractivity contribution is 0.451. The maximum absolute atomic E-state index is 12.3. The van der Waals surface area contributed by atoms with Crippen LogP contribution in [0, 0.1) is 0 Å². The SMILES string of the molecule is C=CCCCCCN(C)C(=NC)NCCCn1nc2n(c1=O)CCCC2.I. The van der Waals surface area contributed by atoms with Crippen molar-refractivity contribution in [2.45, 2.75) is 64.5 Å². The number of rotatable bonds is 10. The lowest BCUT2D eigenvalue weighted by atomic mass is 10.2. The quantitative estimate of drug-likeness (QED) is 0.180. The molecule has 154 valence electrons. The molecule has 2 heterocycles. The van der Waals surface area contributed by atoms with Crippen molar-refractivity contribution in [3.05, 3.63) is 29.0 Å². The molecule has 0 fully saturated rings. The molecule has 1 aromatic rings. The molecule has 0 radical (unpaired) electrons. The number of guanidine groups is 1. The summed E-state index contributed by atoms with van der Waals surface area (Å²) < 4.78 is 3.45. The number of aryl methyl sites for hydroxylation is 2. The molecular formula is C19H35IN6O. The molecule has 0 aliphatic carbocycles. The Kier molecular flexibility index (Phi) is 11.4. The first-order valence-electron chi connectivity index (χ1n) is 9.86. The van der Waals surface area contributed by atoms with Crippen LogP contribution in [0.3, 0.4) is 0 Å². The fourth-order valence-electron chi connectivity index (χ4n) is 3.33. The van der Waals surface area contributed by atoms with Crippen molar-refractivity contribution >= 4 is 29.9 Å². The van der Waals surface area contributed by atoms with Crippen molar-refractivity contribution in [2.24, 2.45) is 4.99 Å². The van der Waals surface area contributed by atoms with E-state index in [0.717, 1.165) is 69.9 Å². The summed E-state index contributed by atoms with van der Waals surface area (Å²) in [7, 11) is 3.88. The number of hydrogen-bond donors (Lipinski definition) is 1. The Bertz CT molecular complexity index is 651. The van der Waals surface area contributed by atoms with E-state index in [0.29, 0.717) is 6.54 Å². The molecule has 1 N–H and O–H groups in total. The average molecular weight is 490 g/mol. The topological polar surface area (TPSA) is 67.5 Å². The average Bonchev–Trinajstić information content (AvgIpc) is 2.97. The number of fused-ring (bicyclic) bond motifs is 1. The summed E-state index contributed by atoms with van der Waals surface area (Å²) in [5, 5.41) is 7.86. The van der Waals surface area contributed by atoms with E-state index in [1.54, 1.807) is 4.68 Å². The Morgan fingerprint density at radius 2 is 2.15 bits per heavy atom. The Morgan fingerprint density at radius 1 is 1.33 bits per heavy atom. The van der Waals surface area contributed by atoms with Crippen molar-refractivity contribution in [1.82, 2.24) is 24.6 Å².